The third-order valence-electron chi connectivity index (χ3n) is 2.95. The Morgan fingerprint density at radius 1 is 1.00 bits per heavy atom. The first kappa shape index (κ1) is 11.4. The monoisotopic (exact) mass is 255 g/mol. The summed E-state index contributed by atoms with van der Waals surface area (Å²) < 4.78 is 13.0. The minimum atomic E-state index is -0.360. The van der Waals surface area contributed by atoms with Crippen LogP contribution in [0.15, 0.2) is 53.3 Å². The maximum Gasteiger partial charge on any atom is 0.293 e. The predicted molar refractivity (Wildman–Crippen MR) is 71.5 cm³/mol. The summed E-state index contributed by atoms with van der Waals surface area (Å²) in [6.07, 6.45) is 0. The molecule has 2 N–H and O–H groups in total. The lowest BCUT2D eigenvalue weighted by Gasteiger charge is -2.07. The van der Waals surface area contributed by atoms with Gasteiger partial charge in [-0.05, 0) is 30.3 Å². The molecule has 0 saturated heterocycles. The van der Waals surface area contributed by atoms with Crippen molar-refractivity contribution in [2.24, 2.45) is 0 Å². The second-order valence-corrected chi connectivity index (χ2v) is 4.15. The number of fused-ring (bicyclic) bond motifs is 1. The maximum atomic E-state index is 13.0. The van der Waals surface area contributed by atoms with E-state index in [4.69, 9.17) is 5.84 Å². The average molecular weight is 255 g/mol. The number of aromatic nitrogens is 2. The summed E-state index contributed by atoms with van der Waals surface area (Å²) in [6.45, 7) is 0. The van der Waals surface area contributed by atoms with E-state index in [-0.39, 0.29) is 11.4 Å². The van der Waals surface area contributed by atoms with Crippen LogP contribution < -0.4 is 11.4 Å². The summed E-state index contributed by atoms with van der Waals surface area (Å²) in [7, 11) is 0. The van der Waals surface area contributed by atoms with Crippen molar-refractivity contribution in [2.45, 2.75) is 0 Å². The van der Waals surface area contributed by atoms with Crippen molar-refractivity contribution in [3.8, 4) is 11.3 Å². The topological polar surface area (TPSA) is 60.9 Å². The van der Waals surface area contributed by atoms with Gasteiger partial charge in [0, 0.05) is 10.9 Å². The van der Waals surface area contributed by atoms with Crippen molar-refractivity contribution in [1.29, 1.82) is 0 Å². The molecule has 19 heavy (non-hydrogen) atoms. The molecule has 0 unspecified atom stereocenters. The first-order chi connectivity index (χ1) is 9.16. The van der Waals surface area contributed by atoms with E-state index >= 15 is 0 Å². The molecule has 94 valence electrons. The lowest BCUT2D eigenvalue weighted by molar-refractivity contribution is 0.628. The number of nitrogens with two attached hydrogens (primary N) is 1. The Labute approximate surface area is 107 Å². The molecule has 0 aliphatic carbocycles. The summed E-state index contributed by atoms with van der Waals surface area (Å²) in [5.74, 6) is 5.25. The van der Waals surface area contributed by atoms with E-state index in [0.717, 1.165) is 4.79 Å². The smallest absolute Gasteiger partial charge is 0.293 e. The van der Waals surface area contributed by atoms with E-state index < -0.39 is 0 Å². The number of halogens is 1. The fraction of sp³-hybridized carbons (Fsp3) is 0. The highest BCUT2D eigenvalue weighted by Gasteiger charge is 2.10. The molecular weight excluding hydrogens is 245 g/mol. The second kappa shape index (κ2) is 4.20. The van der Waals surface area contributed by atoms with Gasteiger partial charge in [0.25, 0.3) is 5.56 Å². The highest BCUT2D eigenvalue weighted by molar-refractivity contribution is 5.93. The minimum Gasteiger partial charge on any atom is -0.320 e. The zero-order valence-electron chi connectivity index (χ0n) is 9.88. The summed E-state index contributed by atoms with van der Waals surface area (Å²) in [5.41, 5.74) is 0.899. The molecule has 3 aromatic rings. The van der Waals surface area contributed by atoms with Crippen LogP contribution in [0.2, 0.25) is 0 Å². The standard InChI is InChI=1S/C14H10FN3O/c15-10-7-5-9(6-8-10)13-11-3-1-2-4-12(11)14(19)18(16)17-13/h1-8H,16H2. The van der Waals surface area contributed by atoms with Gasteiger partial charge in [-0.25, -0.2) is 4.39 Å². The van der Waals surface area contributed by atoms with Crippen molar-refractivity contribution >= 4 is 10.8 Å². The van der Waals surface area contributed by atoms with Crippen LogP contribution in [-0.2, 0) is 0 Å². The highest BCUT2D eigenvalue weighted by Crippen LogP contribution is 2.24. The summed E-state index contributed by atoms with van der Waals surface area (Å²) in [5, 5.41) is 5.24. The normalized spacial score (nSPS) is 10.8. The molecule has 3 rings (SSSR count). The van der Waals surface area contributed by atoms with Gasteiger partial charge in [0.05, 0.1) is 5.39 Å². The van der Waals surface area contributed by atoms with Gasteiger partial charge in [-0.3, -0.25) is 4.79 Å². The number of benzene rings is 2. The van der Waals surface area contributed by atoms with Crippen molar-refractivity contribution < 1.29 is 4.39 Å². The zero-order valence-corrected chi connectivity index (χ0v) is 9.88. The lowest BCUT2D eigenvalue weighted by Crippen LogP contribution is -2.30. The van der Waals surface area contributed by atoms with Crippen molar-refractivity contribution in [3.63, 3.8) is 0 Å². The predicted octanol–water partition coefficient (Wildman–Crippen LogP) is 1.92. The van der Waals surface area contributed by atoms with Crippen LogP contribution in [0.1, 0.15) is 0 Å². The molecule has 0 atom stereocenters. The Morgan fingerprint density at radius 2 is 1.63 bits per heavy atom. The van der Waals surface area contributed by atoms with E-state index in [2.05, 4.69) is 5.10 Å². The highest BCUT2D eigenvalue weighted by atomic mass is 19.1. The molecule has 2 aromatic carbocycles. The molecule has 0 bridgehead atoms. The van der Waals surface area contributed by atoms with Crippen LogP contribution in [0, 0.1) is 5.82 Å². The molecule has 0 saturated carbocycles. The van der Waals surface area contributed by atoms with Gasteiger partial charge in [-0.1, -0.05) is 18.2 Å². The average Bonchev–Trinajstić information content (AvgIpc) is 2.44. The molecule has 0 aliphatic rings. The third kappa shape index (κ3) is 1.85. The molecule has 1 heterocycles. The number of hydrogen-bond acceptors (Lipinski definition) is 3. The molecular formula is C14H10FN3O. The van der Waals surface area contributed by atoms with Crippen LogP contribution in [0.5, 0.6) is 0 Å². The first-order valence-corrected chi connectivity index (χ1v) is 5.70. The summed E-state index contributed by atoms with van der Waals surface area (Å²) in [6, 6.07) is 13.0. The number of rotatable bonds is 1. The largest absolute Gasteiger partial charge is 0.320 e. The summed E-state index contributed by atoms with van der Waals surface area (Å²) >= 11 is 0. The molecule has 0 spiro atoms. The van der Waals surface area contributed by atoms with E-state index in [1.54, 1.807) is 30.3 Å². The van der Waals surface area contributed by atoms with Gasteiger partial charge in [-0.2, -0.15) is 0 Å². The van der Waals surface area contributed by atoms with Gasteiger partial charge in [0.15, 0.2) is 0 Å². The second-order valence-electron chi connectivity index (χ2n) is 4.15. The van der Waals surface area contributed by atoms with Gasteiger partial charge in [0.2, 0.25) is 0 Å². The van der Waals surface area contributed by atoms with Gasteiger partial charge >= 0.3 is 0 Å². The molecule has 0 amide bonds. The van der Waals surface area contributed by atoms with Crippen LogP contribution in [-0.4, -0.2) is 9.89 Å². The number of nitrogens with zero attached hydrogens (tertiary/aromatic N) is 2. The van der Waals surface area contributed by atoms with E-state index in [1.165, 1.54) is 12.1 Å². The van der Waals surface area contributed by atoms with Crippen molar-refractivity contribution in [1.82, 2.24) is 9.89 Å². The SMILES string of the molecule is Nn1nc(-c2ccc(F)cc2)c2ccccc2c1=O. The first-order valence-electron chi connectivity index (χ1n) is 5.70. The fourth-order valence-electron chi connectivity index (χ4n) is 2.03. The molecule has 0 radical (unpaired) electrons. The quantitative estimate of drug-likeness (QED) is 0.676. The van der Waals surface area contributed by atoms with Gasteiger partial charge in [0.1, 0.15) is 11.5 Å². The number of hydrogen-bond donors (Lipinski definition) is 1. The van der Waals surface area contributed by atoms with E-state index in [1.807, 2.05) is 6.07 Å². The maximum absolute atomic E-state index is 13.0. The Kier molecular flexibility index (Phi) is 2.52. The van der Waals surface area contributed by atoms with E-state index in [0.29, 0.717) is 22.0 Å². The summed E-state index contributed by atoms with van der Waals surface area (Å²) in [4.78, 5) is 12.7. The van der Waals surface area contributed by atoms with Crippen LogP contribution in [0.4, 0.5) is 4.39 Å². The van der Waals surface area contributed by atoms with Gasteiger partial charge < -0.3 is 5.84 Å². The van der Waals surface area contributed by atoms with Gasteiger partial charge in [-0.15, -0.1) is 9.89 Å². The number of nitrogen functional groups attached to an aromatic ring is 1. The molecule has 5 heteroatoms. The Bertz CT molecular complexity index is 809. The van der Waals surface area contributed by atoms with Crippen LogP contribution in [0.25, 0.3) is 22.0 Å². The Hall–Kier alpha value is -2.69. The fourth-order valence-corrected chi connectivity index (χ4v) is 2.03. The van der Waals surface area contributed by atoms with Crippen molar-refractivity contribution in [2.75, 3.05) is 5.84 Å². The minimum absolute atomic E-state index is 0.325. The Morgan fingerprint density at radius 3 is 2.32 bits per heavy atom. The van der Waals surface area contributed by atoms with Crippen molar-refractivity contribution in [3.05, 3.63) is 64.7 Å². The molecule has 1 aromatic heterocycles. The van der Waals surface area contributed by atoms with E-state index in [9.17, 15) is 9.18 Å². The molecule has 4 nitrogen and oxygen atoms in total. The zero-order chi connectivity index (χ0) is 13.4. The lowest BCUT2D eigenvalue weighted by atomic mass is 10.1. The molecule has 0 fully saturated rings. The Balaban J connectivity index is 2.38. The molecule has 0 aliphatic heterocycles. The van der Waals surface area contributed by atoms with Crippen LogP contribution in [0.3, 0.4) is 0 Å². The van der Waals surface area contributed by atoms with Crippen LogP contribution >= 0.6 is 0 Å². The third-order valence-corrected chi connectivity index (χ3v) is 2.95.